The van der Waals surface area contributed by atoms with Crippen LogP contribution in [0.4, 0.5) is 0 Å². The van der Waals surface area contributed by atoms with Gasteiger partial charge in [-0.1, -0.05) is 6.07 Å². The highest BCUT2D eigenvalue weighted by Gasteiger charge is 2.64. The minimum absolute atomic E-state index is 0.00348. The number of nitrogens with zero attached hydrogens (tertiary/aromatic N) is 1. The number of nitrogens with one attached hydrogen (secondary N) is 1. The van der Waals surface area contributed by atoms with E-state index in [0.29, 0.717) is 18.4 Å². The van der Waals surface area contributed by atoms with Gasteiger partial charge in [-0.3, -0.25) is 19.3 Å². The largest absolute Gasteiger partial charge is 0.508 e. The lowest BCUT2D eigenvalue weighted by Crippen LogP contribution is -2.65. The Bertz CT molecular complexity index is 1410. The molecule has 3 aliphatic carbocycles. The Balaban J connectivity index is 1.82. The normalized spacial score (nSPS) is 27.3. The predicted molar refractivity (Wildman–Crippen MR) is 135 cm³/mol. The summed E-state index contributed by atoms with van der Waals surface area (Å²) in [4.78, 5) is 40.4. The number of carbonyl (C=O) groups is 3. The molecule has 1 amide bonds. The molecular weight excluding hydrogens is 518 g/mol. The van der Waals surface area contributed by atoms with Crippen LogP contribution in [-0.2, 0) is 37.2 Å². The van der Waals surface area contributed by atoms with E-state index in [0.717, 1.165) is 11.8 Å². The zero-order chi connectivity index (χ0) is 28.3. The molecule has 4 rings (SSSR count). The lowest BCUT2D eigenvalue weighted by atomic mass is 9.57. The van der Waals surface area contributed by atoms with E-state index in [1.807, 2.05) is 0 Å². The Morgan fingerprint density at radius 1 is 1.21 bits per heavy atom. The number of nitrogens with two attached hydrogens (primary N) is 1. The minimum Gasteiger partial charge on any atom is -0.508 e. The van der Waals surface area contributed by atoms with Crippen LogP contribution in [-0.4, -0.2) is 89.8 Å². The molecule has 38 heavy (non-hydrogen) atoms. The number of carbonyl (C=O) groups excluding carboxylic acids is 3. The van der Waals surface area contributed by atoms with E-state index in [-0.39, 0.29) is 36.3 Å². The molecule has 0 unspecified atom stereocenters. The molecule has 3 aliphatic rings. The van der Waals surface area contributed by atoms with Crippen LogP contribution < -0.4 is 10.5 Å². The predicted octanol–water partition coefficient (Wildman–Crippen LogP) is -0.554. The number of phenolic OH excluding ortho intramolecular Hbond substituents is 1. The van der Waals surface area contributed by atoms with Crippen molar-refractivity contribution in [3.8, 4) is 5.75 Å². The van der Waals surface area contributed by atoms with Gasteiger partial charge in [-0.2, -0.15) is 0 Å². The number of aromatic hydroxyl groups is 1. The number of aryl methyl sites for hydroxylation is 1. The van der Waals surface area contributed by atoms with Gasteiger partial charge >= 0.3 is 0 Å². The van der Waals surface area contributed by atoms with Crippen molar-refractivity contribution >= 4 is 33.3 Å². The van der Waals surface area contributed by atoms with Gasteiger partial charge in [0.25, 0.3) is 5.91 Å². The van der Waals surface area contributed by atoms with Gasteiger partial charge in [-0.25, -0.2) is 13.1 Å². The first kappa shape index (κ1) is 27.8. The number of aliphatic hydroxyl groups is 3. The van der Waals surface area contributed by atoms with Crippen molar-refractivity contribution in [2.75, 3.05) is 26.9 Å². The first-order chi connectivity index (χ1) is 17.6. The molecule has 0 saturated heterocycles. The van der Waals surface area contributed by atoms with Gasteiger partial charge in [0.2, 0.25) is 15.8 Å². The van der Waals surface area contributed by atoms with Crippen molar-refractivity contribution in [2.45, 2.75) is 37.3 Å². The summed E-state index contributed by atoms with van der Waals surface area (Å²) in [5, 5.41) is 44.3. The van der Waals surface area contributed by atoms with Gasteiger partial charge in [-0.05, 0) is 62.9 Å². The Morgan fingerprint density at radius 3 is 2.45 bits per heavy atom. The summed E-state index contributed by atoms with van der Waals surface area (Å²) >= 11 is 0. The molecule has 1 aromatic carbocycles. The number of primary amides is 1. The molecular formula is C25H31N3O9S. The van der Waals surface area contributed by atoms with E-state index in [2.05, 4.69) is 4.72 Å². The van der Waals surface area contributed by atoms with E-state index < -0.39 is 68.1 Å². The Morgan fingerprint density at radius 2 is 1.87 bits per heavy atom. The second-order valence-electron chi connectivity index (χ2n) is 10.3. The number of fused-ring (bicyclic) bond motifs is 3. The fourth-order valence-corrected chi connectivity index (χ4v) is 6.59. The zero-order valence-corrected chi connectivity index (χ0v) is 22.0. The molecule has 0 radical (unpaired) electrons. The van der Waals surface area contributed by atoms with Crippen LogP contribution in [0.1, 0.15) is 29.5 Å². The van der Waals surface area contributed by atoms with E-state index in [4.69, 9.17) is 5.73 Å². The molecule has 7 N–H and O–H groups in total. The van der Waals surface area contributed by atoms with E-state index in [1.165, 1.54) is 25.1 Å². The molecule has 13 heteroatoms. The summed E-state index contributed by atoms with van der Waals surface area (Å²) in [6.45, 7) is 0.180. The van der Waals surface area contributed by atoms with Gasteiger partial charge in [0, 0.05) is 18.0 Å². The van der Waals surface area contributed by atoms with Crippen LogP contribution in [0.3, 0.4) is 0 Å². The van der Waals surface area contributed by atoms with Crippen LogP contribution in [0.15, 0.2) is 29.0 Å². The number of sulfonamides is 1. The number of Topliss-reactive ketones (excluding diaryl/α,β-unsaturated/α-hetero) is 2. The molecule has 0 bridgehead atoms. The van der Waals surface area contributed by atoms with Crippen molar-refractivity contribution < 1.29 is 43.2 Å². The van der Waals surface area contributed by atoms with Crippen LogP contribution in [0, 0.1) is 11.8 Å². The van der Waals surface area contributed by atoms with Gasteiger partial charge in [0.05, 0.1) is 17.9 Å². The fraction of sp³-hybridized carbons (Fsp3) is 0.480. The van der Waals surface area contributed by atoms with Crippen LogP contribution in [0.25, 0.3) is 5.76 Å². The monoisotopic (exact) mass is 549 g/mol. The average molecular weight is 550 g/mol. The highest BCUT2D eigenvalue weighted by atomic mass is 32.2. The lowest BCUT2D eigenvalue weighted by molar-refractivity contribution is -0.153. The highest BCUT2D eigenvalue weighted by molar-refractivity contribution is 7.88. The lowest BCUT2D eigenvalue weighted by Gasteiger charge is -2.50. The summed E-state index contributed by atoms with van der Waals surface area (Å²) in [6, 6.07) is 1.86. The summed E-state index contributed by atoms with van der Waals surface area (Å²) in [6.07, 6.45) is 2.07. The number of phenols is 1. The molecule has 206 valence electrons. The molecule has 1 saturated carbocycles. The van der Waals surface area contributed by atoms with Crippen molar-refractivity contribution in [1.82, 2.24) is 9.62 Å². The second-order valence-corrected chi connectivity index (χ2v) is 12.2. The van der Waals surface area contributed by atoms with Crippen molar-refractivity contribution in [1.29, 1.82) is 0 Å². The third-order valence-electron chi connectivity index (χ3n) is 7.69. The number of amides is 1. The molecule has 0 spiro atoms. The third kappa shape index (κ3) is 4.28. The molecule has 0 aliphatic heterocycles. The molecule has 1 aromatic rings. The number of ketones is 2. The average Bonchev–Trinajstić information content (AvgIpc) is 2.79. The number of hydrogen-bond donors (Lipinski definition) is 6. The zero-order valence-electron chi connectivity index (χ0n) is 21.2. The number of aliphatic hydroxyl groups excluding tert-OH is 2. The molecule has 12 nitrogen and oxygen atoms in total. The Hall–Kier alpha value is -3.26. The number of likely N-dealkylation sites (N-methyl/N-ethyl adjacent to an activating group) is 1. The SMILES string of the molecule is CN(C)[C@@H]1C(=O)C(C(N)=O)=C(O)[C@]2(O)C(=O)C3=C(O)c4c(O)ccc(CCCNS(C)(=O)=O)c4C[C@H]3C[C@@H]12. The maximum Gasteiger partial charge on any atom is 0.255 e. The summed E-state index contributed by atoms with van der Waals surface area (Å²) in [5.41, 5.74) is 2.86. The topological polar surface area (TPSA) is 208 Å². The maximum atomic E-state index is 13.8. The van der Waals surface area contributed by atoms with Crippen molar-refractivity contribution in [2.24, 2.45) is 17.6 Å². The van der Waals surface area contributed by atoms with Crippen LogP contribution in [0.5, 0.6) is 5.75 Å². The standard InChI is InChI=1S/C25H31N3O9S/c1-28(2)19-14-10-12-9-13-11(5-4-8-27-38(3,36)37)6-7-15(29)17(13)20(30)16(12)22(32)25(14,35)23(33)18(21(19)31)24(26)34/h6-7,12,14,19,27,29-30,33,35H,4-5,8-10H2,1-3H3,(H2,26,34)/t12-,14-,19-,25+/m0/s1. The second kappa shape index (κ2) is 9.49. The first-order valence-electron chi connectivity index (χ1n) is 12.0. The molecule has 0 aromatic heterocycles. The molecule has 0 heterocycles. The van der Waals surface area contributed by atoms with Crippen molar-refractivity contribution in [3.63, 3.8) is 0 Å². The Kier molecular flexibility index (Phi) is 6.93. The fourth-order valence-electron chi connectivity index (χ4n) is 6.08. The van der Waals surface area contributed by atoms with Crippen molar-refractivity contribution in [3.05, 3.63) is 45.7 Å². The van der Waals surface area contributed by atoms with Gasteiger partial charge in [0.15, 0.2) is 11.4 Å². The minimum atomic E-state index is -3.36. The smallest absolute Gasteiger partial charge is 0.255 e. The summed E-state index contributed by atoms with van der Waals surface area (Å²) < 4.78 is 25.1. The highest BCUT2D eigenvalue weighted by Crippen LogP contribution is 2.52. The van der Waals surface area contributed by atoms with Gasteiger partial charge < -0.3 is 26.2 Å². The van der Waals surface area contributed by atoms with Gasteiger partial charge in [-0.15, -0.1) is 0 Å². The third-order valence-corrected chi connectivity index (χ3v) is 8.42. The van der Waals surface area contributed by atoms with Crippen LogP contribution in [0.2, 0.25) is 0 Å². The first-order valence-corrected chi connectivity index (χ1v) is 13.9. The number of benzene rings is 1. The summed E-state index contributed by atoms with van der Waals surface area (Å²) in [5.74, 6) is -6.99. The summed E-state index contributed by atoms with van der Waals surface area (Å²) in [7, 11) is -0.293. The molecule has 4 atom stereocenters. The maximum absolute atomic E-state index is 13.8. The number of hydrogen-bond acceptors (Lipinski definition) is 10. The van der Waals surface area contributed by atoms with E-state index in [1.54, 1.807) is 6.07 Å². The quantitative estimate of drug-likeness (QED) is 0.189. The number of rotatable bonds is 7. The Labute approximate surface area is 219 Å². The van der Waals surface area contributed by atoms with E-state index in [9.17, 15) is 43.2 Å². The van der Waals surface area contributed by atoms with E-state index >= 15 is 0 Å². The van der Waals surface area contributed by atoms with Crippen LogP contribution >= 0.6 is 0 Å². The van der Waals surface area contributed by atoms with Gasteiger partial charge in [0.1, 0.15) is 22.8 Å². The molecule has 1 fully saturated rings.